The van der Waals surface area contributed by atoms with E-state index in [1.807, 2.05) is 0 Å². The summed E-state index contributed by atoms with van der Waals surface area (Å²) in [7, 11) is 0. The lowest BCUT2D eigenvalue weighted by molar-refractivity contribution is -0.120. The Morgan fingerprint density at radius 2 is 1.55 bits per heavy atom. The lowest BCUT2D eigenvalue weighted by Gasteiger charge is -2.19. The molecule has 1 fully saturated rings. The van der Waals surface area contributed by atoms with Crippen LogP contribution in [0.15, 0.2) is 0 Å². The standard InChI is InChI=1S/C10H18O/c1-8-3-5-10(11)6-4-9(2)7-8/h8-9H,3-7H2,1-2H3. The molecular formula is C10H18O. The molecule has 1 aliphatic carbocycles. The van der Waals surface area contributed by atoms with Gasteiger partial charge in [0, 0.05) is 12.8 Å². The molecule has 0 radical (unpaired) electrons. The molecule has 64 valence electrons. The van der Waals surface area contributed by atoms with Crippen LogP contribution in [0.4, 0.5) is 0 Å². The van der Waals surface area contributed by atoms with Crippen LogP contribution in [0.5, 0.6) is 0 Å². The third-order valence-electron chi connectivity index (χ3n) is 2.64. The van der Waals surface area contributed by atoms with Crippen molar-refractivity contribution in [2.45, 2.75) is 46.0 Å². The quantitative estimate of drug-likeness (QED) is 0.524. The molecule has 0 N–H and O–H groups in total. The predicted molar refractivity (Wildman–Crippen MR) is 46.4 cm³/mol. The van der Waals surface area contributed by atoms with Crippen LogP contribution in [-0.4, -0.2) is 5.78 Å². The van der Waals surface area contributed by atoms with Crippen LogP contribution in [-0.2, 0) is 4.79 Å². The van der Waals surface area contributed by atoms with Gasteiger partial charge in [-0.1, -0.05) is 13.8 Å². The van der Waals surface area contributed by atoms with E-state index in [-0.39, 0.29) is 0 Å². The molecule has 0 saturated heterocycles. The fraction of sp³-hybridized carbons (Fsp3) is 0.900. The summed E-state index contributed by atoms with van der Waals surface area (Å²) in [5, 5.41) is 0. The molecule has 1 heteroatoms. The van der Waals surface area contributed by atoms with Crippen molar-refractivity contribution in [1.29, 1.82) is 0 Å². The minimum atomic E-state index is 0.475. The van der Waals surface area contributed by atoms with E-state index in [1.165, 1.54) is 6.42 Å². The van der Waals surface area contributed by atoms with Gasteiger partial charge in [-0.2, -0.15) is 0 Å². The number of Topliss-reactive ketones (excluding diaryl/α,β-unsaturated/α-hetero) is 1. The molecule has 0 aliphatic heterocycles. The molecule has 1 saturated carbocycles. The van der Waals surface area contributed by atoms with E-state index in [2.05, 4.69) is 13.8 Å². The number of carbonyl (C=O) groups is 1. The Labute approximate surface area is 69.2 Å². The molecule has 0 aromatic heterocycles. The van der Waals surface area contributed by atoms with E-state index in [9.17, 15) is 4.79 Å². The number of ketones is 1. The van der Waals surface area contributed by atoms with E-state index >= 15 is 0 Å². The second-order valence-corrected chi connectivity index (χ2v) is 4.06. The van der Waals surface area contributed by atoms with Crippen LogP contribution in [0.1, 0.15) is 46.0 Å². The molecule has 0 amide bonds. The van der Waals surface area contributed by atoms with Crippen LogP contribution in [0.25, 0.3) is 0 Å². The van der Waals surface area contributed by atoms with Gasteiger partial charge in [-0.05, 0) is 31.1 Å². The van der Waals surface area contributed by atoms with E-state index < -0.39 is 0 Å². The molecule has 1 aliphatic rings. The van der Waals surface area contributed by atoms with E-state index in [0.717, 1.165) is 37.5 Å². The van der Waals surface area contributed by atoms with Gasteiger partial charge in [0.05, 0.1) is 0 Å². The summed E-state index contributed by atoms with van der Waals surface area (Å²) < 4.78 is 0. The van der Waals surface area contributed by atoms with Crippen molar-refractivity contribution in [2.75, 3.05) is 0 Å². The van der Waals surface area contributed by atoms with Crippen molar-refractivity contribution >= 4 is 5.78 Å². The topological polar surface area (TPSA) is 17.1 Å². The Morgan fingerprint density at radius 3 is 2.00 bits per heavy atom. The van der Waals surface area contributed by atoms with Crippen LogP contribution >= 0.6 is 0 Å². The van der Waals surface area contributed by atoms with Crippen LogP contribution in [0.3, 0.4) is 0 Å². The molecule has 0 aromatic rings. The zero-order chi connectivity index (χ0) is 8.27. The first-order chi connectivity index (χ1) is 5.18. The number of carbonyl (C=O) groups excluding carboxylic acids is 1. The third kappa shape index (κ3) is 3.04. The molecule has 1 nitrogen and oxygen atoms in total. The summed E-state index contributed by atoms with van der Waals surface area (Å²) in [6.45, 7) is 4.52. The van der Waals surface area contributed by atoms with Crippen molar-refractivity contribution in [3.63, 3.8) is 0 Å². The molecule has 2 unspecified atom stereocenters. The molecule has 2 atom stereocenters. The summed E-state index contributed by atoms with van der Waals surface area (Å²) >= 11 is 0. The minimum absolute atomic E-state index is 0.475. The maximum Gasteiger partial charge on any atom is 0.132 e. The Hall–Kier alpha value is -0.330. The molecule has 0 bridgehead atoms. The fourth-order valence-corrected chi connectivity index (χ4v) is 1.86. The van der Waals surface area contributed by atoms with E-state index in [1.54, 1.807) is 0 Å². The van der Waals surface area contributed by atoms with Gasteiger partial charge in [-0.25, -0.2) is 0 Å². The minimum Gasteiger partial charge on any atom is -0.300 e. The molecule has 0 spiro atoms. The summed E-state index contributed by atoms with van der Waals surface area (Å²) in [6, 6.07) is 0. The first kappa shape index (κ1) is 8.76. The SMILES string of the molecule is CC1CCC(=O)CCC(C)C1. The van der Waals surface area contributed by atoms with Gasteiger partial charge < -0.3 is 0 Å². The second-order valence-electron chi connectivity index (χ2n) is 4.06. The van der Waals surface area contributed by atoms with Gasteiger partial charge in [0.25, 0.3) is 0 Å². The number of hydrogen-bond acceptors (Lipinski definition) is 1. The highest BCUT2D eigenvalue weighted by Crippen LogP contribution is 2.24. The summed E-state index contributed by atoms with van der Waals surface area (Å²) in [5.74, 6) is 1.99. The summed E-state index contributed by atoms with van der Waals surface area (Å²) in [5.41, 5.74) is 0. The highest BCUT2D eigenvalue weighted by Gasteiger charge is 2.15. The Bertz CT molecular complexity index is 126. The molecule has 0 aromatic carbocycles. The van der Waals surface area contributed by atoms with Crippen molar-refractivity contribution in [3.8, 4) is 0 Å². The van der Waals surface area contributed by atoms with Crippen LogP contribution in [0, 0.1) is 11.8 Å². The van der Waals surface area contributed by atoms with Crippen LogP contribution < -0.4 is 0 Å². The largest absolute Gasteiger partial charge is 0.300 e. The Balaban J connectivity index is 2.40. The van der Waals surface area contributed by atoms with Crippen molar-refractivity contribution in [1.82, 2.24) is 0 Å². The van der Waals surface area contributed by atoms with Gasteiger partial charge in [0.2, 0.25) is 0 Å². The summed E-state index contributed by atoms with van der Waals surface area (Å²) in [6.07, 6.45) is 5.20. The monoisotopic (exact) mass is 154 g/mol. The van der Waals surface area contributed by atoms with Gasteiger partial charge in [-0.15, -0.1) is 0 Å². The summed E-state index contributed by atoms with van der Waals surface area (Å²) in [4.78, 5) is 11.1. The Morgan fingerprint density at radius 1 is 1.09 bits per heavy atom. The van der Waals surface area contributed by atoms with Crippen molar-refractivity contribution in [2.24, 2.45) is 11.8 Å². The molecular weight excluding hydrogens is 136 g/mol. The molecule has 1 rings (SSSR count). The third-order valence-corrected chi connectivity index (χ3v) is 2.64. The van der Waals surface area contributed by atoms with Crippen molar-refractivity contribution in [3.05, 3.63) is 0 Å². The second kappa shape index (κ2) is 3.89. The maximum absolute atomic E-state index is 11.1. The normalized spacial score (nSPS) is 34.5. The zero-order valence-corrected chi connectivity index (χ0v) is 7.60. The first-order valence-electron chi connectivity index (χ1n) is 4.70. The van der Waals surface area contributed by atoms with Gasteiger partial charge >= 0.3 is 0 Å². The average molecular weight is 154 g/mol. The molecule has 11 heavy (non-hydrogen) atoms. The maximum atomic E-state index is 11.1. The lowest BCUT2D eigenvalue weighted by Crippen LogP contribution is -2.12. The van der Waals surface area contributed by atoms with Gasteiger partial charge in [-0.3, -0.25) is 4.79 Å². The zero-order valence-electron chi connectivity index (χ0n) is 7.60. The first-order valence-corrected chi connectivity index (χ1v) is 4.70. The average Bonchev–Trinajstić information content (AvgIpc) is 1.95. The van der Waals surface area contributed by atoms with Gasteiger partial charge in [0.1, 0.15) is 5.78 Å². The smallest absolute Gasteiger partial charge is 0.132 e. The fourth-order valence-electron chi connectivity index (χ4n) is 1.86. The lowest BCUT2D eigenvalue weighted by atomic mass is 9.86. The number of hydrogen-bond donors (Lipinski definition) is 0. The van der Waals surface area contributed by atoms with Gasteiger partial charge in [0.15, 0.2) is 0 Å². The highest BCUT2D eigenvalue weighted by molar-refractivity contribution is 5.78. The van der Waals surface area contributed by atoms with E-state index in [0.29, 0.717) is 5.78 Å². The van der Waals surface area contributed by atoms with E-state index in [4.69, 9.17) is 0 Å². The van der Waals surface area contributed by atoms with Crippen molar-refractivity contribution < 1.29 is 4.79 Å². The highest BCUT2D eigenvalue weighted by atomic mass is 16.1. The number of rotatable bonds is 0. The molecule has 0 heterocycles. The van der Waals surface area contributed by atoms with Crippen LogP contribution in [0.2, 0.25) is 0 Å². The predicted octanol–water partition coefficient (Wildman–Crippen LogP) is 2.79. The Kier molecular flexibility index (Phi) is 3.10.